The van der Waals surface area contributed by atoms with Gasteiger partial charge in [-0.3, -0.25) is 0 Å². The van der Waals surface area contributed by atoms with Crippen molar-refractivity contribution in [2.24, 2.45) is 0 Å². The number of aliphatic hydroxyl groups is 1. The fourth-order valence-electron chi connectivity index (χ4n) is 1.33. The highest BCUT2D eigenvalue weighted by molar-refractivity contribution is 8.00. The smallest absolute Gasteiger partial charge is 0.0762 e. The Morgan fingerprint density at radius 2 is 2.27 bits per heavy atom. The van der Waals surface area contributed by atoms with Gasteiger partial charge in [-0.2, -0.15) is 0 Å². The number of thioether (sulfide) groups is 1. The van der Waals surface area contributed by atoms with Crippen LogP contribution in [0.5, 0.6) is 0 Å². The third-order valence-electron chi connectivity index (χ3n) is 2.34. The van der Waals surface area contributed by atoms with Crippen LogP contribution in [0.25, 0.3) is 0 Å². The molecule has 0 saturated carbocycles. The molecule has 0 aromatic heterocycles. The van der Waals surface area contributed by atoms with E-state index in [1.807, 2.05) is 18.2 Å². The summed E-state index contributed by atoms with van der Waals surface area (Å²) in [6, 6.07) is 5.71. The van der Waals surface area contributed by atoms with Gasteiger partial charge in [-0.1, -0.05) is 17.7 Å². The van der Waals surface area contributed by atoms with Crippen molar-refractivity contribution in [3.05, 3.63) is 28.8 Å². The summed E-state index contributed by atoms with van der Waals surface area (Å²) in [4.78, 5) is 1.06. The van der Waals surface area contributed by atoms with E-state index in [0.717, 1.165) is 23.7 Å². The van der Waals surface area contributed by atoms with Crippen LogP contribution in [0.1, 0.15) is 18.6 Å². The first-order chi connectivity index (χ1) is 7.16. The minimum absolute atomic E-state index is 0.464. The summed E-state index contributed by atoms with van der Waals surface area (Å²) in [5.41, 5.74) is 0.856. The molecule has 82 valence electrons. The van der Waals surface area contributed by atoms with Crippen molar-refractivity contribution in [2.45, 2.75) is 23.2 Å². The maximum atomic E-state index is 9.39. The van der Waals surface area contributed by atoms with E-state index in [4.69, 9.17) is 16.3 Å². The van der Waals surface area contributed by atoms with Crippen LogP contribution in [-0.4, -0.2) is 23.6 Å². The largest absolute Gasteiger partial charge is 0.389 e. The average Bonchev–Trinajstić information content (AvgIpc) is 2.12. The number of benzene rings is 1. The molecule has 1 heterocycles. The first-order valence-corrected chi connectivity index (χ1v) is 6.14. The second-order valence-corrected chi connectivity index (χ2v) is 5.39. The third-order valence-corrected chi connectivity index (χ3v) is 3.98. The highest BCUT2D eigenvalue weighted by Crippen LogP contribution is 2.34. The molecule has 0 bridgehead atoms. The summed E-state index contributed by atoms with van der Waals surface area (Å²) in [6.07, 6.45) is -0.464. The summed E-state index contributed by atoms with van der Waals surface area (Å²) in [5.74, 6) is 0. The number of aliphatic hydroxyl groups excluding tert-OH is 1. The Balaban J connectivity index is 2.11. The fourth-order valence-corrected chi connectivity index (χ4v) is 2.66. The maximum Gasteiger partial charge on any atom is 0.0762 e. The van der Waals surface area contributed by atoms with Crippen LogP contribution in [0, 0.1) is 0 Å². The van der Waals surface area contributed by atoms with Crippen molar-refractivity contribution < 1.29 is 9.84 Å². The van der Waals surface area contributed by atoms with Crippen LogP contribution in [0.3, 0.4) is 0 Å². The van der Waals surface area contributed by atoms with Crippen molar-refractivity contribution in [3.8, 4) is 0 Å². The molecular formula is C11H13ClO2S. The lowest BCUT2D eigenvalue weighted by Crippen LogP contribution is -2.30. The lowest BCUT2D eigenvalue weighted by molar-refractivity contribution is 0.0455. The van der Waals surface area contributed by atoms with Crippen LogP contribution in [0.15, 0.2) is 23.1 Å². The highest BCUT2D eigenvalue weighted by Gasteiger charge is 2.20. The van der Waals surface area contributed by atoms with Gasteiger partial charge in [-0.25, -0.2) is 0 Å². The van der Waals surface area contributed by atoms with Crippen molar-refractivity contribution in [1.29, 1.82) is 0 Å². The molecule has 0 spiro atoms. The molecule has 2 nitrogen and oxygen atoms in total. The molecule has 1 N–H and O–H groups in total. The summed E-state index contributed by atoms with van der Waals surface area (Å²) < 4.78 is 5.10. The molecule has 0 radical (unpaired) electrons. The minimum Gasteiger partial charge on any atom is -0.389 e. The molecule has 1 fully saturated rings. The van der Waals surface area contributed by atoms with Gasteiger partial charge in [0.05, 0.1) is 29.6 Å². The standard InChI is InChI=1S/C11H13ClO2S/c1-7(13)8-2-3-11(10(12)4-8)15-9-5-14-6-9/h2-4,7,9,13H,5-6H2,1H3. The van der Waals surface area contributed by atoms with Crippen LogP contribution >= 0.6 is 23.4 Å². The van der Waals surface area contributed by atoms with Crippen molar-refractivity contribution in [1.82, 2.24) is 0 Å². The molecule has 15 heavy (non-hydrogen) atoms. The maximum absolute atomic E-state index is 9.39. The molecule has 1 unspecified atom stereocenters. The Bertz CT molecular complexity index is 350. The van der Waals surface area contributed by atoms with Gasteiger partial charge in [0.25, 0.3) is 0 Å². The quantitative estimate of drug-likeness (QED) is 0.887. The van der Waals surface area contributed by atoms with E-state index in [0.29, 0.717) is 10.3 Å². The second kappa shape index (κ2) is 4.74. The summed E-state index contributed by atoms with van der Waals surface area (Å²) >= 11 is 7.86. The molecule has 0 amide bonds. The van der Waals surface area contributed by atoms with E-state index < -0.39 is 6.10 Å². The van der Waals surface area contributed by atoms with E-state index in [-0.39, 0.29) is 0 Å². The van der Waals surface area contributed by atoms with Crippen LogP contribution < -0.4 is 0 Å². The molecule has 0 aliphatic carbocycles. The Kier molecular flexibility index (Phi) is 3.57. The minimum atomic E-state index is -0.464. The lowest BCUT2D eigenvalue weighted by Gasteiger charge is -2.25. The summed E-state index contributed by atoms with van der Waals surface area (Å²) in [7, 11) is 0. The number of halogens is 1. The molecule has 1 aromatic rings. The van der Waals surface area contributed by atoms with E-state index in [2.05, 4.69) is 0 Å². The van der Waals surface area contributed by atoms with Gasteiger partial charge in [0.2, 0.25) is 0 Å². The van der Waals surface area contributed by atoms with Gasteiger partial charge in [-0.15, -0.1) is 11.8 Å². The number of hydrogen-bond acceptors (Lipinski definition) is 3. The van der Waals surface area contributed by atoms with Gasteiger partial charge in [0.1, 0.15) is 0 Å². The molecule has 1 saturated heterocycles. The molecule has 1 aromatic carbocycles. The highest BCUT2D eigenvalue weighted by atomic mass is 35.5. The molecule has 2 rings (SSSR count). The van der Waals surface area contributed by atoms with Gasteiger partial charge in [0.15, 0.2) is 0 Å². The third kappa shape index (κ3) is 2.67. The Morgan fingerprint density at radius 1 is 1.53 bits per heavy atom. The van der Waals surface area contributed by atoms with Gasteiger partial charge < -0.3 is 9.84 Å². The topological polar surface area (TPSA) is 29.5 Å². The first-order valence-electron chi connectivity index (χ1n) is 4.88. The Morgan fingerprint density at radius 3 is 2.73 bits per heavy atom. The monoisotopic (exact) mass is 244 g/mol. The average molecular weight is 245 g/mol. The van der Waals surface area contributed by atoms with Crippen molar-refractivity contribution in [3.63, 3.8) is 0 Å². The van der Waals surface area contributed by atoms with E-state index in [9.17, 15) is 5.11 Å². The fraction of sp³-hybridized carbons (Fsp3) is 0.455. The molecule has 1 atom stereocenters. The van der Waals surface area contributed by atoms with Crippen molar-refractivity contribution >= 4 is 23.4 Å². The molecule has 1 aliphatic rings. The summed E-state index contributed by atoms with van der Waals surface area (Å²) in [5, 5.41) is 10.6. The van der Waals surface area contributed by atoms with Crippen molar-refractivity contribution in [2.75, 3.05) is 13.2 Å². The van der Waals surface area contributed by atoms with Crippen LogP contribution in [-0.2, 0) is 4.74 Å². The second-order valence-electron chi connectivity index (χ2n) is 3.64. The number of ether oxygens (including phenoxy) is 1. The SMILES string of the molecule is CC(O)c1ccc(SC2COC2)c(Cl)c1. The first kappa shape index (κ1) is 11.3. The number of hydrogen-bond donors (Lipinski definition) is 1. The van der Waals surface area contributed by atoms with Crippen LogP contribution in [0.2, 0.25) is 5.02 Å². The van der Waals surface area contributed by atoms with E-state index in [1.165, 1.54) is 0 Å². The van der Waals surface area contributed by atoms with E-state index in [1.54, 1.807) is 18.7 Å². The zero-order valence-corrected chi connectivity index (χ0v) is 10.0. The molecule has 1 aliphatic heterocycles. The molecule has 4 heteroatoms. The van der Waals surface area contributed by atoms with Gasteiger partial charge in [-0.05, 0) is 24.6 Å². The zero-order valence-electron chi connectivity index (χ0n) is 8.44. The summed E-state index contributed by atoms with van der Waals surface area (Å²) in [6.45, 7) is 3.34. The predicted octanol–water partition coefficient (Wildman–Crippen LogP) is 2.88. The Hall–Kier alpha value is -0.220. The number of rotatable bonds is 3. The van der Waals surface area contributed by atoms with Gasteiger partial charge >= 0.3 is 0 Å². The zero-order chi connectivity index (χ0) is 10.8. The predicted molar refractivity (Wildman–Crippen MR) is 62.5 cm³/mol. The Labute approximate surface area is 98.6 Å². The van der Waals surface area contributed by atoms with Gasteiger partial charge in [0, 0.05) is 4.90 Å². The van der Waals surface area contributed by atoms with Crippen LogP contribution in [0.4, 0.5) is 0 Å². The lowest BCUT2D eigenvalue weighted by atomic mass is 10.1. The molecular weight excluding hydrogens is 232 g/mol. The van der Waals surface area contributed by atoms with E-state index >= 15 is 0 Å². The normalized spacial score (nSPS) is 18.6.